The molecule has 57 heavy (non-hydrogen) atoms. The second-order valence-corrected chi connectivity index (χ2v) is 14.6. The molecule has 266 valence electrons. The second-order valence-electron chi connectivity index (χ2n) is 14.6. The van der Waals surface area contributed by atoms with E-state index in [-0.39, 0.29) is 0 Å². The van der Waals surface area contributed by atoms with Crippen LogP contribution >= 0.6 is 0 Å². The van der Waals surface area contributed by atoms with Gasteiger partial charge in [-0.05, 0) is 95.1 Å². The molecule has 5 heteroatoms. The van der Waals surface area contributed by atoms with Crippen LogP contribution in [0, 0.1) is 0 Å². The molecule has 0 saturated heterocycles. The fourth-order valence-electron chi connectivity index (χ4n) is 8.52. The molecule has 0 amide bonds. The Balaban J connectivity index is 1.00. The highest BCUT2D eigenvalue weighted by molar-refractivity contribution is 6.13. The van der Waals surface area contributed by atoms with Crippen LogP contribution in [-0.4, -0.2) is 14.5 Å². The Hall–Kier alpha value is -7.76. The number of hydrogen-bond acceptors (Lipinski definition) is 4. The lowest BCUT2D eigenvalue weighted by Crippen LogP contribution is -1.93. The molecule has 12 aromatic rings. The van der Waals surface area contributed by atoms with Gasteiger partial charge in [0.05, 0.1) is 22.1 Å². The van der Waals surface area contributed by atoms with Crippen LogP contribution < -0.4 is 0 Å². The van der Waals surface area contributed by atoms with Crippen molar-refractivity contribution in [3.8, 4) is 50.6 Å². The van der Waals surface area contributed by atoms with Crippen molar-refractivity contribution in [2.75, 3.05) is 0 Å². The molecule has 0 unspecified atom stereocenters. The van der Waals surface area contributed by atoms with Crippen molar-refractivity contribution in [1.29, 1.82) is 0 Å². The topological polar surface area (TPSA) is 57.0 Å². The molecule has 0 aliphatic carbocycles. The van der Waals surface area contributed by atoms with Gasteiger partial charge in [-0.1, -0.05) is 115 Å². The van der Waals surface area contributed by atoms with Gasteiger partial charge < -0.3 is 13.4 Å². The first-order chi connectivity index (χ1) is 28.2. The molecule has 0 fully saturated rings. The summed E-state index contributed by atoms with van der Waals surface area (Å²) in [6, 6.07) is 65.7. The predicted octanol–water partition coefficient (Wildman–Crippen LogP) is 14.0. The monoisotopic (exact) mass is 729 g/mol. The maximum absolute atomic E-state index is 6.49. The van der Waals surface area contributed by atoms with Gasteiger partial charge in [0.15, 0.2) is 5.82 Å². The standard InChI is InChI=1S/C52H31N3O2/c1-4-12-32(13-5-1)34-21-26-48-43(30-34)49-50(33-14-6-2-7-15-33)53-51(54-52(49)57-48)37-23-27-47-42(31-37)41-29-36(22-25-46(41)56-47)35-20-24-45-40(28-35)39-18-10-11-19-44(39)55(45)38-16-8-3-9-17-38/h1-31H. The van der Waals surface area contributed by atoms with Crippen molar-refractivity contribution < 1.29 is 8.83 Å². The Kier molecular flexibility index (Phi) is 6.86. The molecular formula is C52H31N3O2. The molecule has 5 nitrogen and oxygen atoms in total. The van der Waals surface area contributed by atoms with E-state index in [4.69, 9.17) is 18.8 Å². The molecule has 0 saturated carbocycles. The van der Waals surface area contributed by atoms with E-state index in [2.05, 4.69) is 150 Å². The Morgan fingerprint density at radius 1 is 0.351 bits per heavy atom. The molecule has 0 aliphatic rings. The van der Waals surface area contributed by atoms with Crippen LogP contribution in [0.15, 0.2) is 197 Å². The van der Waals surface area contributed by atoms with E-state index in [1.165, 1.54) is 21.8 Å². The Labute approximate surface area is 326 Å². The third-order valence-electron chi connectivity index (χ3n) is 11.2. The van der Waals surface area contributed by atoms with Crippen molar-refractivity contribution in [3.63, 3.8) is 0 Å². The quantitative estimate of drug-likeness (QED) is 0.177. The van der Waals surface area contributed by atoms with Gasteiger partial charge in [0, 0.05) is 43.7 Å². The summed E-state index contributed by atoms with van der Waals surface area (Å²) in [5, 5.41) is 6.39. The van der Waals surface area contributed by atoms with Crippen LogP contribution in [-0.2, 0) is 0 Å². The van der Waals surface area contributed by atoms with Crippen LogP contribution in [0.1, 0.15) is 0 Å². The van der Waals surface area contributed by atoms with Gasteiger partial charge in [-0.25, -0.2) is 4.98 Å². The Bertz CT molecular complexity index is 3510. The lowest BCUT2D eigenvalue weighted by molar-refractivity contribution is 0.653. The third-order valence-corrected chi connectivity index (χ3v) is 11.2. The van der Waals surface area contributed by atoms with Gasteiger partial charge >= 0.3 is 0 Å². The van der Waals surface area contributed by atoms with E-state index < -0.39 is 0 Å². The molecule has 0 spiro atoms. The highest BCUT2D eigenvalue weighted by atomic mass is 16.3. The zero-order chi connectivity index (χ0) is 37.5. The summed E-state index contributed by atoms with van der Waals surface area (Å²) in [7, 11) is 0. The zero-order valence-corrected chi connectivity index (χ0v) is 30.6. The summed E-state index contributed by atoms with van der Waals surface area (Å²) >= 11 is 0. The van der Waals surface area contributed by atoms with Crippen LogP contribution in [0.25, 0.3) is 116 Å². The van der Waals surface area contributed by atoms with Gasteiger partial charge in [0.2, 0.25) is 5.71 Å². The number of para-hydroxylation sites is 2. The molecule has 4 aromatic heterocycles. The maximum atomic E-state index is 6.49. The molecule has 0 N–H and O–H groups in total. The zero-order valence-electron chi connectivity index (χ0n) is 30.6. The Morgan fingerprint density at radius 3 is 1.61 bits per heavy atom. The molecular weight excluding hydrogens is 699 g/mol. The van der Waals surface area contributed by atoms with E-state index in [0.29, 0.717) is 11.5 Å². The van der Waals surface area contributed by atoms with Gasteiger partial charge in [-0.15, -0.1) is 0 Å². The van der Waals surface area contributed by atoms with Crippen molar-refractivity contribution in [1.82, 2.24) is 14.5 Å². The maximum Gasteiger partial charge on any atom is 0.231 e. The molecule has 0 atom stereocenters. The lowest BCUT2D eigenvalue weighted by Gasteiger charge is -2.08. The first-order valence-corrected chi connectivity index (χ1v) is 19.1. The lowest BCUT2D eigenvalue weighted by atomic mass is 10.00. The largest absolute Gasteiger partial charge is 0.456 e. The average molecular weight is 730 g/mol. The van der Waals surface area contributed by atoms with Gasteiger partial charge in [0.1, 0.15) is 16.7 Å². The molecule has 12 rings (SSSR count). The third kappa shape index (κ3) is 5.03. The first-order valence-electron chi connectivity index (χ1n) is 19.1. The minimum absolute atomic E-state index is 0.558. The SMILES string of the molecule is c1ccc(-c2ccc3oc4nc(-c5ccc6oc7ccc(-c8ccc9c(c8)c8ccccc8n9-c8ccccc8)cc7c6c5)nc(-c5ccccc5)c4c3c2)cc1. The minimum Gasteiger partial charge on any atom is -0.456 e. The molecule has 4 heterocycles. The fraction of sp³-hybridized carbons (Fsp3) is 0. The van der Waals surface area contributed by atoms with Gasteiger partial charge in [0.25, 0.3) is 0 Å². The summed E-state index contributed by atoms with van der Waals surface area (Å²) in [6.07, 6.45) is 0. The highest BCUT2D eigenvalue weighted by Gasteiger charge is 2.20. The van der Waals surface area contributed by atoms with E-state index in [1.807, 2.05) is 42.5 Å². The number of rotatable bonds is 5. The van der Waals surface area contributed by atoms with Crippen molar-refractivity contribution in [3.05, 3.63) is 188 Å². The molecule has 0 radical (unpaired) electrons. The van der Waals surface area contributed by atoms with E-state index in [0.717, 1.165) is 83.1 Å². The van der Waals surface area contributed by atoms with Crippen LogP contribution in [0.2, 0.25) is 0 Å². The number of benzene rings is 8. The first kappa shape index (κ1) is 31.6. The van der Waals surface area contributed by atoms with Gasteiger partial charge in [-0.2, -0.15) is 4.98 Å². The second kappa shape index (κ2) is 12.4. The summed E-state index contributed by atoms with van der Waals surface area (Å²) in [4.78, 5) is 10.4. The molecule has 8 aromatic carbocycles. The average Bonchev–Trinajstić information content (AvgIpc) is 3.95. The number of hydrogen-bond donors (Lipinski definition) is 0. The number of fused-ring (bicyclic) bond motifs is 9. The number of aromatic nitrogens is 3. The van der Waals surface area contributed by atoms with Crippen LogP contribution in [0.5, 0.6) is 0 Å². The van der Waals surface area contributed by atoms with Crippen molar-refractivity contribution in [2.24, 2.45) is 0 Å². The fourth-order valence-corrected chi connectivity index (χ4v) is 8.52. The van der Waals surface area contributed by atoms with Crippen LogP contribution in [0.4, 0.5) is 0 Å². The van der Waals surface area contributed by atoms with E-state index in [1.54, 1.807) is 0 Å². The smallest absolute Gasteiger partial charge is 0.231 e. The van der Waals surface area contributed by atoms with E-state index in [9.17, 15) is 0 Å². The Morgan fingerprint density at radius 2 is 0.877 bits per heavy atom. The minimum atomic E-state index is 0.558. The normalized spacial score (nSPS) is 11.9. The van der Waals surface area contributed by atoms with E-state index >= 15 is 0 Å². The van der Waals surface area contributed by atoms with Gasteiger partial charge in [-0.3, -0.25) is 0 Å². The summed E-state index contributed by atoms with van der Waals surface area (Å²) in [5.41, 5.74) is 13.8. The molecule has 0 bridgehead atoms. The summed E-state index contributed by atoms with van der Waals surface area (Å²) in [5.74, 6) is 0.594. The van der Waals surface area contributed by atoms with Crippen molar-refractivity contribution >= 4 is 65.8 Å². The van der Waals surface area contributed by atoms with Crippen molar-refractivity contribution in [2.45, 2.75) is 0 Å². The van der Waals surface area contributed by atoms with Crippen LogP contribution in [0.3, 0.4) is 0 Å². The number of nitrogens with zero attached hydrogens (tertiary/aromatic N) is 3. The summed E-state index contributed by atoms with van der Waals surface area (Å²) < 4.78 is 15.2. The predicted molar refractivity (Wildman–Crippen MR) is 233 cm³/mol. The highest BCUT2D eigenvalue weighted by Crippen LogP contribution is 2.41. The summed E-state index contributed by atoms with van der Waals surface area (Å²) in [6.45, 7) is 0. The number of furan rings is 2. The molecule has 0 aliphatic heterocycles.